The Morgan fingerprint density at radius 2 is 1.74 bits per heavy atom. The van der Waals surface area contributed by atoms with Crippen LogP contribution in [0, 0.1) is 6.07 Å². The van der Waals surface area contributed by atoms with Gasteiger partial charge in [-0.2, -0.15) is 11.3 Å². The Kier molecular flexibility index (Phi) is 7.88. The smallest absolute Gasteiger partial charge is 0.137 e. The molecule has 4 aromatic rings. The van der Waals surface area contributed by atoms with E-state index in [-0.39, 0.29) is 38.1 Å². The molecule has 0 spiro atoms. The largest absolute Gasteiger partial charge is 0.304 e. The molecule has 0 atom stereocenters. The van der Waals surface area contributed by atoms with Gasteiger partial charge in [-0.05, 0) is 77.2 Å². The normalized spacial score (nSPS) is 12.5. The number of hydrogen-bond acceptors (Lipinski definition) is 4. The molecule has 31 heavy (non-hydrogen) atoms. The van der Waals surface area contributed by atoms with E-state index < -0.39 is 0 Å². The van der Waals surface area contributed by atoms with E-state index in [4.69, 9.17) is 4.98 Å². The zero-order valence-corrected chi connectivity index (χ0v) is 20.9. The molecule has 0 amide bonds. The van der Waals surface area contributed by atoms with Crippen molar-refractivity contribution in [2.24, 2.45) is 0 Å². The van der Waals surface area contributed by atoms with Gasteiger partial charge >= 0.3 is 0 Å². The monoisotopic (exact) mass is 607 g/mol. The van der Waals surface area contributed by atoms with Crippen molar-refractivity contribution in [1.29, 1.82) is 0 Å². The third kappa shape index (κ3) is 5.17. The van der Waals surface area contributed by atoms with Gasteiger partial charge < -0.3 is 4.98 Å². The Labute approximate surface area is 200 Å². The molecule has 0 unspecified atom stereocenters. The number of aromatic nitrogens is 1. The molecule has 5 heteroatoms. The van der Waals surface area contributed by atoms with Gasteiger partial charge in [0.05, 0.1) is 6.42 Å². The van der Waals surface area contributed by atoms with Crippen molar-refractivity contribution < 1.29 is 29.7 Å². The molecule has 0 bridgehead atoms. The summed E-state index contributed by atoms with van der Waals surface area (Å²) < 4.78 is 1.36. The molecule has 0 saturated carbocycles. The molecule has 1 aliphatic rings. The zero-order chi connectivity index (χ0) is 21.1. The molecule has 2 heterocycles. The first-order valence-electron chi connectivity index (χ1n) is 10.3. The first-order chi connectivity index (χ1) is 14.5. The number of nitrogens with zero attached hydrogens (tertiary/aromatic N) is 1. The molecule has 0 fully saturated rings. The standard InChI is InChI=1S/C21H16NS.C5H8O2.Ir/c1-2-7-15-14(6-1)12-13-22-20(15)18-10-5-9-17-16-8-3-4-11-19(16)23-21(17)18;1-4(6)3-5(2)7;/h1-2,5-7,9,12-13H,3-4,8,11H2;3H2,1-2H3;/q-1;;. The number of thiophene rings is 1. The summed E-state index contributed by atoms with van der Waals surface area (Å²) in [6, 6.07) is 18.4. The third-order valence-corrected chi connectivity index (χ3v) is 6.65. The van der Waals surface area contributed by atoms with E-state index in [9.17, 15) is 9.59 Å². The topological polar surface area (TPSA) is 47.0 Å². The Morgan fingerprint density at radius 1 is 1.00 bits per heavy atom. The Balaban J connectivity index is 0.000000299. The fourth-order valence-corrected chi connectivity index (χ4v) is 5.46. The molecule has 3 nitrogen and oxygen atoms in total. The van der Waals surface area contributed by atoms with Gasteiger partial charge in [0.25, 0.3) is 0 Å². The van der Waals surface area contributed by atoms with Crippen LogP contribution in [-0.2, 0) is 42.5 Å². The van der Waals surface area contributed by atoms with Gasteiger partial charge in [-0.25, -0.2) is 0 Å². The maximum Gasteiger partial charge on any atom is 0.137 e. The number of ketones is 2. The maximum absolute atomic E-state index is 10.0. The number of hydrogen-bond donors (Lipinski definition) is 0. The fraction of sp³-hybridized carbons (Fsp3) is 0.269. The minimum atomic E-state index is -0.0625. The quantitative estimate of drug-likeness (QED) is 0.202. The molecule has 1 aliphatic carbocycles. The van der Waals surface area contributed by atoms with Crippen LogP contribution >= 0.6 is 11.3 Å². The Hall–Kier alpha value is -2.20. The van der Waals surface area contributed by atoms with Gasteiger partial charge in [0.1, 0.15) is 11.6 Å². The molecule has 1 radical (unpaired) electrons. The van der Waals surface area contributed by atoms with Gasteiger partial charge in [-0.3, -0.25) is 9.59 Å². The predicted octanol–water partition coefficient (Wildman–Crippen LogP) is 6.35. The van der Waals surface area contributed by atoms with E-state index in [1.807, 2.05) is 17.5 Å². The van der Waals surface area contributed by atoms with Gasteiger partial charge in [0.15, 0.2) is 0 Å². The van der Waals surface area contributed by atoms with Crippen LogP contribution in [0.3, 0.4) is 0 Å². The van der Waals surface area contributed by atoms with Crippen LogP contribution in [0.1, 0.15) is 43.6 Å². The number of aryl methyl sites for hydroxylation is 2. The summed E-state index contributed by atoms with van der Waals surface area (Å²) in [6.45, 7) is 2.81. The van der Waals surface area contributed by atoms with E-state index in [0.29, 0.717) is 0 Å². The summed E-state index contributed by atoms with van der Waals surface area (Å²) in [5.41, 5.74) is 3.80. The Bertz CT molecular complexity index is 1230. The van der Waals surface area contributed by atoms with Crippen molar-refractivity contribution in [3.63, 3.8) is 0 Å². The van der Waals surface area contributed by atoms with Gasteiger partial charge in [0, 0.05) is 26.3 Å². The van der Waals surface area contributed by atoms with Crippen LogP contribution in [0.15, 0.2) is 48.7 Å². The van der Waals surface area contributed by atoms with Crippen molar-refractivity contribution in [2.45, 2.75) is 46.0 Å². The van der Waals surface area contributed by atoms with Crippen LogP contribution in [0.5, 0.6) is 0 Å². The molecule has 2 aromatic carbocycles. The average Bonchev–Trinajstić information content (AvgIpc) is 3.12. The van der Waals surface area contributed by atoms with E-state index in [0.717, 1.165) is 5.69 Å². The first kappa shape index (κ1) is 23.5. The second kappa shape index (κ2) is 10.4. The third-order valence-electron chi connectivity index (χ3n) is 5.33. The van der Waals surface area contributed by atoms with Gasteiger partial charge in [-0.1, -0.05) is 29.7 Å². The molecule has 0 aliphatic heterocycles. The van der Waals surface area contributed by atoms with E-state index >= 15 is 0 Å². The van der Waals surface area contributed by atoms with Crippen molar-refractivity contribution in [2.75, 3.05) is 0 Å². The van der Waals surface area contributed by atoms with Crippen LogP contribution in [0.4, 0.5) is 0 Å². The maximum atomic E-state index is 10.0. The van der Waals surface area contributed by atoms with E-state index in [1.165, 1.54) is 66.0 Å². The molecule has 0 saturated heterocycles. The molecule has 0 N–H and O–H groups in total. The number of benzene rings is 2. The Morgan fingerprint density at radius 3 is 2.48 bits per heavy atom. The van der Waals surface area contributed by atoms with Crippen LogP contribution in [-0.4, -0.2) is 16.6 Å². The molecule has 2 aromatic heterocycles. The minimum Gasteiger partial charge on any atom is -0.304 e. The first-order valence-corrected chi connectivity index (χ1v) is 11.1. The van der Waals surface area contributed by atoms with Crippen LogP contribution in [0.25, 0.3) is 32.1 Å². The number of fused-ring (bicyclic) bond motifs is 4. The molecular formula is C26H24IrNO2S-. The number of carbonyl (C=O) groups is 2. The summed E-state index contributed by atoms with van der Waals surface area (Å²) in [5, 5.41) is 3.88. The summed E-state index contributed by atoms with van der Waals surface area (Å²) >= 11 is 1.96. The number of pyridine rings is 1. The summed E-state index contributed by atoms with van der Waals surface area (Å²) in [5.74, 6) is -0.125. The minimum absolute atomic E-state index is 0. The summed E-state index contributed by atoms with van der Waals surface area (Å²) in [7, 11) is 0. The zero-order valence-electron chi connectivity index (χ0n) is 17.7. The SMILES string of the molecule is CC(=O)CC(C)=O.[Ir].[c-]1ccc2c3c(sc2c1-c1nccc2ccccc12)CCCC3. The van der Waals surface area contributed by atoms with Crippen LogP contribution in [0.2, 0.25) is 0 Å². The van der Waals surface area contributed by atoms with Gasteiger partial charge in [0.2, 0.25) is 0 Å². The van der Waals surface area contributed by atoms with E-state index in [2.05, 4.69) is 48.5 Å². The van der Waals surface area contributed by atoms with Crippen molar-refractivity contribution >= 4 is 43.8 Å². The number of carbonyl (C=O) groups excluding carboxylic acids is 2. The van der Waals surface area contributed by atoms with Crippen molar-refractivity contribution in [3.05, 3.63) is 65.2 Å². The average molecular weight is 607 g/mol. The van der Waals surface area contributed by atoms with Crippen molar-refractivity contribution in [3.8, 4) is 11.3 Å². The summed E-state index contributed by atoms with van der Waals surface area (Å²) in [4.78, 5) is 26.4. The number of Topliss-reactive ketones (excluding diaryl/α,β-unsaturated/α-hetero) is 2. The predicted molar refractivity (Wildman–Crippen MR) is 124 cm³/mol. The molecule has 161 valence electrons. The fourth-order valence-electron chi connectivity index (χ4n) is 4.07. The molecule has 5 rings (SSSR count). The second-order valence-corrected chi connectivity index (χ2v) is 8.87. The van der Waals surface area contributed by atoms with Crippen molar-refractivity contribution in [1.82, 2.24) is 4.98 Å². The van der Waals surface area contributed by atoms with Gasteiger partial charge in [-0.15, -0.1) is 23.8 Å². The van der Waals surface area contributed by atoms with Crippen LogP contribution < -0.4 is 0 Å². The second-order valence-electron chi connectivity index (χ2n) is 7.77. The summed E-state index contributed by atoms with van der Waals surface area (Å²) in [6.07, 6.45) is 7.10. The number of rotatable bonds is 3. The molecular weight excluding hydrogens is 583 g/mol. The van der Waals surface area contributed by atoms with E-state index in [1.54, 1.807) is 10.4 Å².